The molecule has 2 aliphatic heterocycles. The summed E-state index contributed by atoms with van der Waals surface area (Å²) >= 11 is 0. The average molecular weight is 212 g/mol. The topological polar surface area (TPSA) is 24.5 Å². The lowest BCUT2D eigenvalue weighted by Gasteiger charge is -2.37. The third-order valence-electron chi connectivity index (χ3n) is 3.48. The highest BCUT2D eigenvalue weighted by Gasteiger charge is 2.29. The van der Waals surface area contributed by atoms with Gasteiger partial charge in [0.05, 0.1) is 6.61 Å². The maximum Gasteiger partial charge on any atom is 0.0621 e. The Morgan fingerprint density at radius 1 is 1.33 bits per heavy atom. The van der Waals surface area contributed by atoms with E-state index in [0.717, 1.165) is 26.3 Å². The molecule has 3 nitrogen and oxygen atoms in total. The first-order valence-electron chi connectivity index (χ1n) is 6.24. The van der Waals surface area contributed by atoms with Crippen molar-refractivity contribution in [2.24, 2.45) is 0 Å². The zero-order valence-corrected chi connectivity index (χ0v) is 10.1. The number of ether oxygens (including phenoxy) is 1. The quantitative estimate of drug-likeness (QED) is 0.708. The molecule has 1 N–H and O–H groups in total. The van der Waals surface area contributed by atoms with Gasteiger partial charge >= 0.3 is 0 Å². The summed E-state index contributed by atoms with van der Waals surface area (Å²) in [6, 6.07) is 0.665. The Balaban J connectivity index is 1.94. The molecule has 15 heavy (non-hydrogen) atoms. The number of hydrogen-bond donors (Lipinski definition) is 1. The second kappa shape index (κ2) is 4.81. The van der Waals surface area contributed by atoms with Gasteiger partial charge in [0.25, 0.3) is 0 Å². The Morgan fingerprint density at radius 2 is 2.20 bits per heavy atom. The first-order chi connectivity index (χ1) is 7.17. The molecule has 1 atom stereocenters. The van der Waals surface area contributed by atoms with E-state index in [-0.39, 0.29) is 5.54 Å². The van der Waals surface area contributed by atoms with Gasteiger partial charge in [-0.1, -0.05) is 0 Å². The van der Waals surface area contributed by atoms with Crippen molar-refractivity contribution in [2.75, 3.05) is 32.8 Å². The lowest BCUT2D eigenvalue weighted by atomic mass is 10.0. The van der Waals surface area contributed by atoms with Crippen molar-refractivity contribution in [3.63, 3.8) is 0 Å². The van der Waals surface area contributed by atoms with E-state index in [0.29, 0.717) is 6.04 Å². The van der Waals surface area contributed by atoms with Crippen molar-refractivity contribution in [1.82, 2.24) is 10.2 Å². The van der Waals surface area contributed by atoms with E-state index in [4.69, 9.17) is 4.74 Å². The van der Waals surface area contributed by atoms with Crippen LogP contribution < -0.4 is 5.32 Å². The number of nitrogens with one attached hydrogen (secondary N) is 1. The van der Waals surface area contributed by atoms with Gasteiger partial charge in [0, 0.05) is 24.7 Å². The van der Waals surface area contributed by atoms with Gasteiger partial charge in [0.15, 0.2) is 0 Å². The van der Waals surface area contributed by atoms with E-state index >= 15 is 0 Å². The summed E-state index contributed by atoms with van der Waals surface area (Å²) in [5, 5.41) is 3.61. The Kier molecular flexibility index (Phi) is 3.65. The summed E-state index contributed by atoms with van der Waals surface area (Å²) in [7, 11) is 0. The SMILES string of the molecule is CC1(C)CN(C2CCCOC2)CCCN1. The summed E-state index contributed by atoms with van der Waals surface area (Å²) in [6.45, 7) is 10.0. The van der Waals surface area contributed by atoms with Crippen LogP contribution in [-0.4, -0.2) is 49.3 Å². The lowest BCUT2D eigenvalue weighted by Crippen LogP contribution is -2.50. The highest BCUT2D eigenvalue weighted by molar-refractivity contribution is 4.88. The fourth-order valence-electron chi connectivity index (χ4n) is 2.67. The molecule has 0 saturated carbocycles. The maximum atomic E-state index is 5.58. The van der Waals surface area contributed by atoms with Gasteiger partial charge in [-0.3, -0.25) is 4.90 Å². The summed E-state index contributed by atoms with van der Waals surface area (Å²) in [5.74, 6) is 0. The second-order valence-electron chi connectivity index (χ2n) is 5.51. The lowest BCUT2D eigenvalue weighted by molar-refractivity contribution is 0.0134. The van der Waals surface area contributed by atoms with E-state index in [1.165, 1.54) is 25.8 Å². The van der Waals surface area contributed by atoms with Crippen LogP contribution in [0.3, 0.4) is 0 Å². The van der Waals surface area contributed by atoms with Gasteiger partial charge in [-0.25, -0.2) is 0 Å². The zero-order valence-electron chi connectivity index (χ0n) is 10.1. The molecule has 2 saturated heterocycles. The van der Waals surface area contributed by atoms with Crippen LogP contribution in [0.25, 0.3) is 0 Å². The summed E-state index contributed by atoms with van der Waals surface area (Å²) < 4.78 is 5.58. The minimum absolute atomic E-state index is 0.258. The monoisotopic (exact) mass is 212 g/mol. The molecule has 0 aromatic heterocycles. The van der Waals surface area contributed by atoms with Gasteiger partial charge in [-0.15, -0.1) is 0 Å². The predicted octanol–water partition coefficient (Wildman–Crippen LogP) is 1.24. The molecular formula is C12H24N2O. The smallest absolute Gasteiger partial charge is 0.0621 e. The zero-order chi connectivity index (χ0) is 10.7. The molecule has 88 valence electrons. The molecule has 0 amide bonds. The van der Waals surface area contributed by atoms with E-state index < -0.39 is 0 Å². The summed E-state index contributed by atoms with van der Waals surface area (Å²) in [6.07, 6.45) is 3.81. The Morgan fingerprint density at radius 3 is 2.93 bits per heavy atom. The summed E-state index contributed by atoms with van der Waals surface area (Å²) in [4.78, 5) is 2.62. The van der Waals surface area contributed by atoms with E-state index in [2.05, 4.69) is 24.1 Å². The van der Waals surface area contributed by atoms with Gasteiger partial charge in [0.2, 0.25) is 0 Å². The molecule has 2 rings (SSSR count). The first kappa shape index (κ1) is 11.4. The van der Waals surface area contributed by atoms with Crippen LogP contribution in [0.5, 0.6) is 0 Å². The minimum Gasteiger partial charge on any atom is -0.380 e. The van der Waals surface area contributed by atoms with Crippen LogP contribution in [0.2, 0.25) is 0 Å². The van der Waals surface area contributed by atoms with E-state index in [1.54, 1.807) is 0 Å². The molecule has 2 heterocycles. The molecular weight excluding hydrogens is 188 g/mol. The van der Waals surface area contributed by atoms with E-state index in [9.17, 15) is 0 Å². The van der Waals surface area contributed by atoms with Crippen LogP contribution in [-0.2, 0) is 4.74 Å². The van der Waals surface area contributed by atoms with Crippen LogP contribution in [0.4, 0.5) is 0 Å². The molecule has 0 aromatic carbocycles. The van der Waals surface area contributed by atoms with Crippen molar-refractivity contribution in [3.05, 3.63) is 0 Å². The van der Waals surface area contributed by atoms with Crippen LogP contribution >= 0.6 is 0 Å². The van der Waals surface area contributed by atoms with E-state index in [1.807, 2.05) is 0 Å². The third-order valence-corrected chi connectivity index (χ3v) is 3.48. The minimum atomic E-state index is 0.258. The van der Waals surface area contributed by atoms with Crippen LogP contribution in [0.1, 0.15) is 33.1 Å². The predicted molar refractivity (Wildman–Crippen MR) is 62.1 cm³/mol. The average Bonchev–Trinajstić information content (AvgIpc) is 2.41. The number of hydrogen-bond acceptors (Lipinski definition) is 3. The van der Waals surface area contributed by atoms with Crippen molar-refractivity contribution < 1.29 is 4.74 Å². The third kappa shape index (κ3) is 3.16. The second-order valence-corrected chi connectivity index (χ2v) is 5.51. The fraction of sp³-hybridized carbons (Fsp3) is 1.00. The highest BCUT2D eigenvalue weighted by Crippen LogP contribution is 2.18. The molecule has 1 unspecified atom stereocenters. The number of nitrogens with zero attached hydrogens (tertiary/aromatic N) is 1. The van der Waals surface area contributed by atoms with Crippen molar-refractivity contribution in [2.45, 2.75) is 44.7 Å². The normalized spacial score (nSPS) is 33.6. The fourth-order valence-corrected chi connectivity index (χ4v) is 2.67. The van der Waals surface area contributed by atoms with Crippen molar-refractivity contribution in [3.8, 4) is 0 Å². The Hall–Kier alpha value is -0.120. The Labute approximate surface area is 93.2 Å². The van der Waals surface area contributed by atoms with Gasteiger partial charge < -0.3 is 10.1 Å². The molecule has 0 spiro atoms. The largest absolute Gasteiger partial charge is 0.380 e. The molecule has 3 heteroatoms. The van der Waals surface area contributed by atoms with Gasteiger partial charge in [0.1, 0.15) is 0 Å². The molecule has 0 aliphatic carbocycles. The maximum absolute atomic E-state index is 5.58. The van der Waals surface area contributed by atoms with Crippen molar-refractivity contribution in [1.29, 1.82) is 0 Å². The standard InChI is InChI=1S/C12H24N2O/c1-12(2)10-14(7-4-6-13-12)11-5-3-8-15-9-11/h11,13H,3-10H2,1-2H3. The first-order valence-corrected chi connectivity index (χ1v) is 6.24. The number of rotatable bonds is 1. The molecule has 0 aromatic rings. The summed E-state index contributed by atoms with van der Waals surface area (Å²) in [5.41, 5.74) is 0.258. The molecule has 0 radical (unpaired) electrons. The van der Waals surface area contributed by atoms with Gasteiger partial charge in [-0.2, -0.15) is 0 Å². The highest BCUT2D eigenvalue weighted by atomic mass is 16.5. The molecule has 2 aliphatic rings. The molecule has 2 fully saturated rings. The van der Waals surface area contributed by atoms with Gasteiger partial charge in [-0.05, 0) is 46.2 Å². The molecule has 0 bridgehead atoms. The van der Waals surface area contributed by atoms with Crippen molar-refractivity contribution >= 4 is 0 Å². The van der Waals surface area contributed by atoms with Crippen LogP contribution in [0.15, 0.2) is 0 Å². The van der Waals surface area contributed by atoms with Crippen LogP contribution in [0, 0.1) is 0 Å². The Bertz CT molecular complexity index is 200.